The highest BCUT2D eigenvalue weighted by atomic mass is 35.5. The van der Waals surface area contributed by atoms with Crippen LogP contribution in [0.25, 0.3) is 0 Å². The zero-order valence-electron chi connectivity index (χ0n) is 16.6. The quantitative estimate of drug-likeness (QED) is 0.311. The fourth-order valence-corrected chi connectivity index (χ4v) is 6.57. The van der Waals surface area contributed by atoms with Gasteiger partial charge in [0, 0.05) is 21.7 Å². The maximum Gasteiger partial charge on any atom is 0.230 e. The molecule has 0 spiro atoms. The predicted molar refractivity (Wildman–Crippen MR) is 120 cm³/mol. The second-order valence-electron chi connectivity index (χ2n) is 7.03. The van der Waals surface area contributed by atoms with E-state index in [9.17, 15) is 14.2 Å². The maximum absolute atomic E-state index is 14.4. The summed E-state index contributed by atoms with van der Waals surface area (Å²) in [6, 6.07) is 19.4. The van der Waals surface area contributed by atoms with Crippen LogP contribution in [0.1, 0.15) is 37.4 Å². The molecule has 29 heavy (non-hydrogen) atoms. The van der Waals surface area contributed by atoms with Crippen LogP contribution >= 0.6 is 18.7 Å². The first kappa shape index (κ1) is 21.2. The van der Waals surface area contributed by atoms with Crippen molar-refractivity contribution in [2.24, 2.45) is 0 Å². The number of halogens is 1. The highest BCUT2D eigenvalue weighted by Gasteiger charge is 2.38. The number of carbonyl (C=O) groups is 2. The van der Waals surface area contributed by atoms with Crippen LogP contribution in [0.2, 0.25) is 0 Å². The maximum atomic E-state index is 14.4. The highest BCUT2D eigenvalue weighted by molar-refractivity contribution is 7.93. The van der Waals surface area contributed by atoms with Crippen LogP contribution in [0.3, 0.4) is 0 Å². The van der Waals surface area contributed by atoms with E-state index < -0.39 is 12.7 Å². The molecule has 3 aromatic rings. The largest absolute Gasteiger partial charge is 0.305 e. The Hall–Kier alpha value is -2.48. The summed E-state index contributed by atoms with van der Waals surface area (Å²) in [5.41, 5.74) is 2.29. The molecule has 0 bridgehead atoms. The third-order valence-corrected chi connectivity index (χ3v) is 8.20. The van der Waals surface area contributed by atoms with E-state index in [-0.39, 0.29) is 11.7 Å². The number of ketones is 1. The van der Waals surface area contributed by atoms with Gasteiger partial charge in [0.2, 0.25) is 12.7 Å². The number of benzene rings is 3. The fourth-order valence-electron chi connectivity index (χ4n) is 3.83. The molecule has 0 aliphatic carbocycles. The topological polar surface area (TPSA) is 51.2 Å². The number of carbonyl (C=O) groups excluding carboxylic acids is 2. The van der Waals surface area contributed by atoms with E-state index in [1.54, 1.807) is 61.5 Å². The van der Waals surface area contributed by atoms with E-state index in [1.165, 1.54) is 0 Å². The lowest BCUT2D eigenvalue weighted by atomic mass is 9.92. The van der Waals surface area contributed by atoms with Gasteiger partial charge in [-0.1, -0.05) is 66.7 Å². The molecule has 3 rings (SSSR count). The summed E-state index contributed by atoms with van der Waals surface area (Å²) in [6.07, 6.45) is 0. The first-order valence-electron chi connectivity index (χ1n) is 9.28. The zero-order chi connectivity index (χ0) is 21.2. The molecular formula is C24H22ClO3P. The Morgan fingerprint density at radius 2 is 1.24 bits per heavy atom. The zero-order valence-corrected chi connectivity index (χ0v) is 18.3. The summed E-state index contributed by atoms with van der Waals surface area (Å²) in [5.74, 6) is -0.419. The second-order valence-corrected chi connectivity index (χ2v) is 9.95. The van der Waals surface area contributed by atoms with E-state index in [2.05, 4.69) is 0 Å². The van der Waals surface area contributed by atoms with Crippen LogP contribution in [0.4, 0.5) is 0 Å². The molecule has 0 unspecified atom stereocenters. The molecule has 0 radical (unpaired) electrons. The van der Waals surface area contributed by atoms with Crippen molar-refractivity contribution in [2.45, 2.75) is 20.8 Å². The predicted octanol–water partition coefficient (Wildman–Crippen LogP) is 5.19. The van der Waals surface area contributed by atoms with Crippen LogP contribution in [0, 0.1) is 20.8 Å². The lowest BCUT2D eigenvalue weighted by Crippen LogP contribution is -2.24. The van der Waals surface area contributed by atoms with Crippen molar-refractivity contribution in [2.75, 3.05) is 5.88 Å². The average molecular weight is 425 g/mol. The van der Waals surface area contributed by atoms with E-state index in [1.807, 2.05) is 26.0 Å². The molecule has 0 aromatic heterocycles. The summed E-state index contributed by atoms with van der Waals surface area (Å²) in [4.78, 5) is 26.3. The molecule has 3 aromatic carbocycles. The van der Waals surface area contributed by atoms with Crippen molar-refractivity contribution >= 4 is 40.7 Å². The van der Waals surface area contributed by atoms with Crippen molar-refractivity contribution in [3.8, 4) is 0 Å². The smallest absolute Gasteiger partial charge is 0.230 e. The minimum Gasteiger partial charge on any atom is -0.305 e. The van der Waals surface area contributed by atoms with Gasteiger partial charge in [0.25, 0.3) is 0 Å². The molecule has 3 nitrogen and oxygen atoms in total. The number of aryl methyl sites for hydroxylation is 2. The van der Waals surface area contributed by atoms with Crippen molar-refractivity contribution in [1.29, 1.82) is 0 Å². The molecule has 0 aliphatic heterocycles. The SMILES string of the molecule is Cc1cc(C)c(C(=O)P(=O)(c2ccccc2)c2ccccc2)c(C)c1C(=O)CCl. The van der Waals surface area contributed by atoms with Crippen LogP contribution in [-0.4, -0.2) is 17.2 Å². The highest BCUT2D eigenvalue weighted by Crippen LogP contribution is 2.48. The lowest BCUT2D eigenvalue weighted by molar-refractivity contribution is 0.102. The van der Waals surface area contributed by atoms with Gasteiger partial charge in [-0.3, -0.25) is 9.59 Å². The second kappa shape index (κ2) is 8.49. The van der Waals surface area contributed by atoms with Gasteiger partial charge in [-0.2, -0.15) is 0 Å². The van der Waals surface area contributed by atoms with Crippen molar-refractivity contribution in [3.63, 3.8) is 0 Å². The molecule has 0 fully saturated rings. The van der Waals surface area contributed by atoms with Gasteiger partial charge >= 0.3 is 0 Å². The summed E-state index contributed by atoms with van der Waals surface area (Å²) in [7, 11) is -3.65. The third kappa shape index (κ3) is 3.73. The van der Waals surface area contributed by atoms with E-state index in [4.69, 9.17) is 11.6 Å². The Bertz CT molecular complexity index is 1080. The standard InChI is InChI=1S/C24H22ClO3P/c1-16-14-17(2)23(18(3)22(16)21(26)15-25)24(27)29(28,19-10-6-4-7-11-19)20-12-8-5-9-13-20/h4-14H,15H2,1-3H3. The van der Waals surface area contributed by atoms with E-state index in [0.717, 1.165) is 5.56 Å². The molecule has 148 valence electrons. The molecule has 0 atom stereocenters. The van der Waals surface area contributed by atoms with Gasteiger partial charge < -0.3 is 4.57 Å². The normalized spacial score (nSPS) is 11.3. The Balaban J connectivity index is 2.32. The molecular weight excluding hydrogens is 403 g/mol. The van der Waals surface area contributed by atoms with E-state index in [0.29, 0.717) is 32.9 Å². The number of alkyl halides is 1. The fraction of sp³-hybridized carbons (Fsp3) is 0.167. The Labute approximate surface area is 176 Å². The van der Waals surface area contributed by atoms with E-state index >= 15 is 0 Å². The van der Waals surface area contributed by atoms with Gasteiger partial charge in [0.15, 0.2) is 5.78 Å². The molecule has 0 heterocycles. The van der Waals surface area contributed by atoms with Crippen molar-refractivity contribution in [3.05, 3.63) is 94.5 Å². The van der Waals surface area contributed by atoms with Gasteiger partial charge in [-0.05, 0) is 37.5 Å². The summed E-state index contributed by atoms with van der Waals surface area (Å²) in [6.45, 7) is 5.36. The first-order valence-corrected chi connectivity index (χ1v) is 11.5. The number of Topliss-reactive ketones (excluding diaryl/α,β-unsaturated/α-hetero) is 1. The summed E-state index contributed by atoms with van der Waals surface area (Å²) < 4.78 is 14.4. The number of hydrogen-bond acceptors (Lipinski definition) is 3. The molecule has 5 heteroatoms. The van der Waals surface area contributed by atoms with Crippen molar-refractivity contribution < 1.29 is 14.2 Å². The summed E-state index contributed by atoms with van der Waals surface area (Å²) in [5, 5.41) is 0.946. The Kier molecular flexibility index (Phi) is 6.21. The minimum absolute atomic E-state index is 0.173. The lowest BCUT2D eigenvalue weighted by Gasteiger charge is -2.22. The minimum atomic E-state index is -3.65. The molecule has 0 aliphatic rings. The van der Waals surface area contributed by atoms with Gasteiger partial charge in [0.05, 0.1) is 5.88 Å². The third-order valence-electron chi connectivity index (χ3n) is 5.11. The van der Waals surface area contributed by atoms with Crippen LogP contribution in [0.15, 0.2) is 66.7 Å². The van der Waals surface area contributed by atoms with Crippen LogP contribution < -0.4 is 10.6 Å². The van der Waals surface area contributed by atoms with Crippen molar-refractivity contribution in [1.82, 2.24) is 0 Å². The summed E-state index contributed by atoms with van der Waals surface area (Å²) >= 11 is 5.79. The van der Waals surface area contributed by atoms with Crippen LogP contribution in [-0.2, 0) is 4.57 Å². The first-order chi connectivity index (χ1) is 13.8. The van der Waals surface area contributed by atoms with Gasteiger partial charge in [-0.15, -0.1) is 11.6 Å². The Morgan fingerprint density at radius 1 is 0.793 bits per heavy atom. The molecule has 0 saturated carbocycles. The number of rotatable bonds is 6. The molecule has 0 N–H and O–H groups in total. The van der Waals surface area contributed by atoms with Gasteiger partial charge in [-0.25, -0.2) is 0 Å². The molecule has 0 amide bonds. The Morgan fingerprint density at radius 3 is 1.69 bits per heavy atom. The monoisotopic (exact) mass is 424 g/mol. The van der Waals surface area contributed by atoms with Gasteiger partial charge in [0.1, 0.15) is 0 Å². The molecule has 0 saturated heterocycles. The van der Waals surface area contributed by atoms with Crippen LogP contribution in [0.5, 0.6) is 0 Å². The average Bonchev–Trinajstić information content (AvgIpc) is 2.73. The number of hydrogen-bond donors (Lipinski definition) is 0.